The Morgan fingerprint density at radius 1 is 1.16 bits per heavy atom. The standard InChI is InChI=1S/C24H25F2NO4/c1-3-4-5-15-12-19(24(30)31)20(13-15)27(16-7-9-17(28)10-8-16)23(29)18-11-6-14(2)21(25)22(18)26/h6,11,13,16-17,28H,3,7-10,12H2,1-2H3,(H,30,31). The molecule has 2 aliphatic rings. The van der Waals surface area contributed by atoms with E-state index in [-0.39, 0.29) is 23.3 Å². The minimum absolute atomic E-state index is 0.00660. The lowest BCUT2D eigenvalue weighted by Crippen LogP contribution is -2.43. The molecule has 1 fully saturated rings. The summed E-state index contributed by atoms with van der Waals surface area (Å²) >= 11 is 0. The molecule has 164 valence electrons. The molecule has 0 heterocycles. The molecule has 0 aliphatic heterocycles. The maximum Gasteiger partial charge on any atom is 0.334 e. The number of carboxylic acids is 1. The van der Waals surface area contributed by atoms with Crippen molar-refractivity contribution in [1.82, 2.24) is 4.90 Å². The zero-order chi connectivity index (χ0) is 22.7. The summed E-state index contributed by atoms with van der Waals surface area (Å²) in [7, 11) is 0. The molecule has 1 amide bonds. The van der Waals surface area contributed by atoms with Gasteiger partial charge < -0.3 is 15.1 Å². The fourth-order valence-corrected chi connectivity index (χ4v) is 4.00. The average molecular weight is 429 g/mol. The van der Waals surface area contributed by atoms with Crippen molar-refractivity contribution in [2.75, 3.05) is 0 Å². The smallest absolute Gasteiger partial charge is 0.334 e. The number of aryl methyl sites for hydroxylation is 1. The number of carbonyl (C=O) groups is 2. The number of carbonyl (C=O) groups excluding carboxylic acids is 1. The quantitative estimate of drug-likeness (QED) is 0.707. The van der Waals surface area contributed by atoms with E-state index in [9.17, 15) is 28.6 Å². The van der Waals surface area contributed by atoms with Gasteiger partial charge in [0.05, 0.1) is 22.9 Å². The number of hydrogen-bond acceptors (Lipinski definition) is 3. The largest absolute Gasteiger partial charge is 0.478 e. The highest BCUT2D eigenvalue weighted by molar-refractivity contribution is 5.99. The van der Waals surface area contributed by atoms with E-state index in [2.05, 4.69) is 11.8 Å². The van der Waals surface area contributed by atoms with E-state index in [1.807, 2.05) is 6.92 Å². The van der Waals surface area contributed by atoms with E-state index in [0.717, 1.165) is 0 Å². The van der Waals surface area contributed by atoms with Crippen LogP contribution in [0.15, 0.2) is 35.1 Å². The molecule has 2 aliphatic carbocycles. The number of aliphatic hydroxyl groups excluding tert-OH is 1. The summed E-state index contributed by atoms with van der Waals surface area (Å²) in [5.74, 6) is 1.46. The topological polar surface area (TPSA) is 77.8 Å². The first-order valence-electron chi connectivity index (χ1n) is 10.4. The third-order valence-electron chi connectivity index (χ3n) is 5.69. The van der Waals surface area contributed by atoms with Crippen molar-refractivity contribution in [2.45, 2.75) is 64.5 Å². The molecule has 0 saturated heterocycles. The minimum Gasteiger partial charge on any atom is -0.478 e. The Balaban J connectivity index is 2.11. The number of benzene rings is 1. The molecule has 0 unspecified atom stereocenters. The molecule has 1 aromatic rings. The van der Waals surface area contributed by atoms with Crippen molar-refractivity contribution >= 4 is 11.9 Å². The molecule has 2 N–H and O–H groups in total. The minimum atomic E-state index is -1.25. The molecule has 0 bridgehead atoms. The third kappa shape index (κ3) is 4.70. The molecule has 1 aromatic carbocycles. The van der Waals surface area contributed by atoms with E-state index in [1.54, 1.807) is 6.08 Å². The first-order valence-corrected chi connectivity index (χ1v) is 10.4. The van der Waals surface area contributed by atoms with Gasteiger partial charge in [0.1, 0.15) is 0 Å². The van der Waals surface area contributed by atoms with Gasteiger partial charge in [0.15, 0.2) is 11.6 Å². The van der Waals surface area contributed by atoms with Crippen molar-refractivity contribution in [3.05, 3.63) is 57.8 Å². The number of halogens is 2. The Labute approximate surface area is 180 Å². The summed E-state index contributed by atoms with van der Waals surface area (Å²) in [6.45, 7) is 3.27. The lowest BCUT2D eigenvalue weighted by molar-refractivity contribution is -0.132. The van der Waals surface area contributed by atoms with Crippen molar-refractivity contribution < 1.29 is 28.6 Å². The van der Waals surface area contributed by atoms with Crippen LogP contribution in [-0.4, -0.2) is 39.1 Å². The lowest BCUT2D eigenvalue weighted by Gasteiger charge is -2.36. The number of aliphatic carboxylic acids is 1. The van der Waals surface area contributed by atoms with Gasteiger partial charge in [0.2, 0.25) is 0 Å². The fourth-order valence-electron chi connectivity index (χ4n) is 4.00. The van der Waals surface area contributed by atoms with Crippen LogP contribution in [-0.2, 0) is 4.79 Å². The number of aliphatic hydroxyl groups is 1. The Morgan fingerprint density at radius 2 is 1.84 bits per heavy atom. The molecule has 31 heavy (non-hydrogen) atoms. The van der Waals surface area contributed by atoms with Gasteiger partial charge in [-0.05, 0) is 50.3 Å². The highest BCUT2D eigenvalue weighted by atomic mass is 19.2. The van der Waals surface area contributed by atoms with E-state index in [1.165, 1.54) is 24.0 Å². The SMILES string of the molecule is CCC#CC1=CC(N(C(=O)c2ccc(C)c(F)c2F)C2CCC(O)CC2)=C(C(=O)O)C1. The first-order chi connectivity index (χ1) is 14.7. The van der Waals surface area contributed by atoms with Crippen LogP contribution in [0.4, 0.5) is 8.78 Å². The van der Waals surface area contributed by atoms with Crippen LogP contribution < -0.4 is 0 Å². The molecule has 0 aromatic heterocycles. The normalized spacial score (nSPS) is 20.7. The molecule has 5 nitrogen and oxygen atoms in total. The second-order valence-corrected chi connectivity index (χ2v) is 7.87. The summed E-state index contributed by atoms with van der Waals surface area (Å²) in [5, 5.41) is 19.6. The van der Waals surface area contributed by atoms with Crippen molar-refractivity contribution in [2.24, 2.45) is 0 Å². The maximum atomic E-state index is 14.7. The summed E-state index contributed by atoms with van der Waals surface area (Å²) < 4.78 is 28.8. The molecule has 0 spiro atoms. The van der Waals surface area contributed by atoms with Crippen molar-refractivity contribution in [1.29, 1.82) is 0 Å². The number of amides is 1. The van der Waals surface area contributed by atoms with Gasteiger partial charge in [-0.25, -0.2) is 13.6 Å². The van der Waals surface area contributed by atoms with Crippen LogP contribution in [0.25, 0.3) is 0 Å². The second-order valence-electron chi connectivity index (χ2n) is 7.87. The molecule has 1 saturated carbocycles. The number of hydrogen-bond donors (Lipinski definition) is 2. The summed E-state index contributed by atoms with van der Waals surface area (Å²) in [6.07, 6.45) is 3.40. The summed E-state index contributed by atoms with van der Waals surface area (Å²) in [6, 6.07) is 2.10. The van der Waals surface area contributed by atoms with Crippen LogP contribution >= 0.6 is 0 Å². The molecule has 0 radical (unpaired) electrons. The monoisotopic (exact) mass is 429 g/mol. The predicted octanol–water partition coefficient (Wildman–Crippen LogP) is 4.10. The summed E-state index contributed by atoms with van der Waals surface area (Å²) in [5.41, 5.74) is 0.323. The van der Waals surface area contributed by atoms with Crippen LogP contribution in [0.1, 0.15) is 61.4 Å². The van der Waals surface area contributed by atoms with Gasteiger partial charge >= 0.3 is 5.97 Å². The number of rotatable bonds is 4. The van der Waals surface area contributed by atoms with E-state index in [4.69, 9.17) is 0 Å². The molecule has 7 heteroatoms. The Hall–Kier alpha value is -2.98. The highest BCUT2D eigenvalue weighted by Gasteiger charge is 2.36. The lowest BCUT2D eigenvalue weighted by atomic mass is 9.90. The van der Waals surface area contributed by atoms with Gasteiger partial charge in [-0.1, -0.05) is 24.8 Å². The van der Waals surface area contributed by atoms with Gasteiger partial charge in [-0.3, -0.25) is 4.79 Å². The van der Waals surface area contributed by atoms with Crippen molar-refractivity contribution in [3.63, 3.8) is 0 Å². The zero-order valence-electron chi connectivity index (χ0n) is 17.5. The molecule has 0 atom stereocenters. The van der Waals surface area contributed by atoms with Crippen molar-refractivity contribution in [3.8, 4) is 11.8 Å². The molecular weight excluding hydrogens is 404 g/mol. The van der Waals surface area contributed by atoms with Crippen LogP contribution in [0.5, 0.6) is 0 Å². The predicted molar refractivity (Wildman–Crippen MR) is 111 cm³/mol. The van der Waals surface area contributed by atoms with Crippen LogP contribution in [0.3, 0.4) is 0 Å². The first kappa shape index (κ1) is 22.7. The van der Waals surface area contributed by atoms with E-state index >= 15 is 0 Å². The fraction of sp³-hybridized carbons (Fsp3) is 0.417. The number of allylic oxidation sites excluding steroid dienone is 2. The maximum absolute atomic E-state index is 14.7. The van der Waals surface area contributed by atoms with Gasteiger partial charge in [-0.15, -0.1) is 0 Å². The molecular formula is C24H25F2NO4. The second kappa shape index (κ2) is 9.44. The Kier molecular flexibility index (Phi) is 6.91. The average Bonchev–Trinajstić information content (AvgIpc) is 3.16. The van der Waals surface area contributed by atoms with Crippen LogP contribution in [0, 0.1) is 30.4 Å². The van der Waals surface area contributed by atoms with Crippen LogP contribution in [0.2, 0.25) is 0 Å². The Bertz CT molecular complexity index is 1020. The van der Waals surface area contributed by atoms with Gasteiger partial charge in [0, 0.05) is 24.5 Å². The highest BCUT2D eigenvalue weighted by Crippen LogP contribution is 2.35. The van der Waals surface area contributed by atoms with Gasteiger partial charge in [0.25, 0.3) is 5.91 Å². The van der Waals surface area contributed by atoms with Gasteiger partial charge in [-0.2, -0.15) is 0 Å². The number of carboxylic acid groups (broad SMARTS) is 1. The zero-order valence-corrected chi connectivity index (χ0v) is 17.5. The Morgan fingerprint density at radius 3 is 2.45 bits per heavy atom. The van der Waals surface area contributed by atoms with E-state index in [0.29, 0.717) is 37.7 Å². The third-order valence-corrected chi connectivity index (χ3v) is 5.69. The summed E-state index contributed by atoms with van der Waals surface area (Å²) in [4.78, 5) is 26.7. The van der Waals surface area contributed by atoms with E-state index < -0.39 is 41.2 Å². The number of nitrogens with zero attached hydrogens (tertiary/aromatic N) is 1. The molecule has 3 rings (SSSR count).